The molecule has 0 unspecified atom stereocenters. The summed E-state index contributed by atoms with van der Waals surface area (Å²) < 4.78 is 26.0. The van der Waals surface area contributed by atoms with Crippen LogP contribution in [0.1, 0.15) is 40.2 Å². The van der Waals surface area contributed by atoms with Gasteiger partial charge in [-0.25, -0.2) is 4.39 Å². The quantitative estimate of drug-likeness (QED) is 0.684. The third-order valence-corrected chi connectivity index (χ3v) is 4.30. The average Bonchev–Trinajstić information content (AvgIpc) is 2.58. The van der Waals surface area contributed by atoms with Crippen LogP contribution >= 0.6 is 0 Å². The van der Waals surface area contributed by atoms with E-state index in [2.05, 4.69) is 0 Å². The van der Waals surface area contributed by atoms with Crippen LogP contribution in [0.15, 0.2) is 18.2 Å². The van der Waals surface area contributed by atoms with E-state index in [4.69, 9.17) is 9.31 Å². The first-order valence-electron chi connectivity index (χ1n) is 7.24. The zero-order valence-electron chi connectivity index (χ0n) is 13.3. The van der Waals surface area contributed by atoms with Crippen molar-refractivity contribution in [1.82, 2.24) is 5.06 Å². The molecule has 6 heteroatoms. The molecule has 1 saturated heterocycles. The van der Waals surface area contributed by atoms with Gasteiger partial charge < -0.3 is 14.5 Å². The Morgan fingerprint density at radius 1 is 1.19 bits per heavy atom. The highest BCUT2D eigenvalue weighted by Crippen LogP contribution is 2.36. The van der Waals surface area contributed by atoms with Crippen molar-refractivity contribution < 1.29 is 18.9 Å². The van der Waals surface area contributed by atoms with Crippen molar-refractivity contribution >= 4 is 12.6 Å². The maximum Gasteiger partial charge on any atom is 0.497 e. The molecule has 0 aliphatic carbocycles. The lowest BCUT2D eigenvalue weighted by Gasteiger charge is -2.32. The normalized spacial score (nSPS) is 20.3. The first-order chi connectivity index (χ1) is 9.66. The highest BCUT2D eigenvalue weighted by atomic mass is 19.1. The summed E-state index contributed by atoms with van der Waals surface area (Å²) in [5.41, 5.74) is 0.107. The zero-order valence-corrected chi connectivity index (χ0v) is 13.3. The van der Waals surface area contributed by atoms with Crippen molar-refractivity contribution in [2.75, 3.05) is 6.54 Å². The number of rotatable bonds is 4. The fourth-order valence-corrected chi connectivity index (χ4v) is 2.15. The van der Waals surface area contributed by atoms with Crippen LogP contribution in [0.25, 0.3) is 0 Å². The Morgan fingerprint density at radius 2 is 1.76 bits per heavy atom. The molecule has 1 aromatic carbocycles. The fraction of sp³-hybridized carbons (Fsp3) is 0.600. The van der Waals surface area contributed by atoms with Gasteiger partial charge in [0, 0.05) is 18.6 Å². The third-order valence-electron chi connectivity index (χ3n) is 4.30. The van der Waals surface area contributed by atoms with Gasteiger partial charge in [0.05, 0.1) is 11.2 Å². The van der Waals surface area contributed by atoms with E-state index in [-0.39, 0.29) is 12.4 Å². The largest absolute Gasteiger partial charge is 0.497 e. The van der Waals surface area contributed by atoms with Gasteiger partial charge in [-0.15, -0.1) is 0 Å². The van der Waals surface area contributed by atoms with Crippen LogP contribution in [-0.2, 0) is 15.9 Å². The fourth-order valence-electron chi connectivity index (χ4n) is 2.15. The molecule has 4 nitrogen and oxygen atoms in total. The van der Waals surface area contributed by atoms with Crippen molar-refractivity contribution in [3.05, 3.63) is 29.6 Å². The first-order valence-corrected chi connectivity index (χ1v) is 7.24. The van der Waals surface area contributed by atoms with E-state index >= 15 is 0 Å². The monoisotopic (exact) mass is 295 g/mol. The molecule has 0 atom stereocenters. The highest BCUT2D eigenvalue weighted by Gasteiger charge is 2.52. The van der Waals surface area contributed by atoms with Crippen LogP contribution < -0.4 is 5.46 Å². The number of hydrogen-bond acceptors (Lipinski definition) is 4. The van der Waals surface area contributed by atoms with Crippen LogP contribution in [0.4, 0.5) is 4.39 Å². The average molecular weight is 295 g/mol. The minimum Gasteiger partial charge on any atom is -0.399 e. The molecule has 0 aromatic heterocycles. The molecule has 1 N–H and O–H groups in total. The lowest BCUT2D eigenvalue weighted by Crippen LogP contribution is -2.41. The lowest BCUT2D eigenvalue weighted by atomic mass is 9.78. The summed E-state index contributed by atoms with van der Waals surface area (Å²) in [6.07, 6.45) is 0. The van der Waals surface area contributed by atoms with Crippen LogP contribution in [0.5, 0.6) is 0 Å². The predicted molar refractivity (Wildman–Crippen MR) is 80.0 cm³/mol. The van der Waals surface area contributed by atoms with Crippen molar-refractivity contribution in [2.24, 2.45) is 0 Å². The minimum absolute atomic E-state index is 0.289. The molecule has 1 aromatic rings. The van der Waals surface area contributed by atoms with Crippen LogP contribution in [0, 0.1) is 5.82 Å². The number of halogens is 1. The molecule has 1 heterocycles. The van der Waals surface area contributed by atoms with E-state index in [9.17, 15) is 9.60 Å². The second-order valence-corrected chi connectivity index (χ2v) is 6.42. The molecule has 1 fully saturated rings. The minimum atomic E-state index is -0.708. The van der Waals surface area contributed by atoms with Crippen LogP contribution in [0.3, 0.4) is 0 Å². The van der Waals surface area contributed by atoms with Gasteiger partial charge in [-0.05, 0) is 39.3 Å². The number of benzene rings is 1. The molecule has 0 saturated carbocycles. The third kappa shape index (κ3) is 3.29. The molecule has 0 radical (unpaired) electrons. The Kier molecular flexibility index (Phi) is 4.45. The predicted octanol–water partition coefficient (Wildman–Crippen LogP) is 2.34. The van der Waals surface area contributed by atoms with Gasteiger partial charge >= 0.3 is 7.12 Å². The van der Waals surface area contributed by atoms with Crippen molar-refractivity contribution in [2.45, 2.75) is 52.4 Å². The Morgan fingerprint density at radius 3 is 2.24 bits per heavy atom. The summed E-state index contributed by atoms with van der Waals surface area (Å²) in [4.78, 5) is 0. The molecule has 0 amide bonds. The molecule has 2 rings (SSSR count). The van der Waals surface area contributed by atoms with Gasteiger partial charge in [-0.1, -0.05) is 19.1 Å². The molecule has 116 valence electrons. The number of nitrogens with zero attached hydrogens (tertiary/aromatic N) is 1. The summed E-state index contributed by atoms with van der Waals surface area (Å²) >= 11 is 0. The molecule has 21 heavy (non-hydrogen) atoms. The topological polar surface area (TPSA) is 41.9 Å². The van der Waals surface area contributed by atoms with Gasteiger partial charge in [0.2, 0.25) is 0 Å². The van der Waals surface area contributed by atoms with Gasteiger partial charge in [0.15, 0.2) is 0 Å². The smallest absolute Gasteiger partial charge is 0.399 e. The molecular weight excluding hydrogens is 272 g/mol. The number of hydrogen-bond donors (Lipinski definition) is 1. The Hall–Kier alpha value is -0.945. The van der Waals surface area contributed by atoms with Crippen molar-refractivity contribution in [1.29, 1.82) is 0 Å². The highest BCUT2D eigenvalue weighted by molar-refractivity contribution is 6.62. The molecule has 1 aliphatic rings. The summed E-state index contributed by atoms with van der Waals surface area (Å²) in [5.74, 6) is -0.379. The summed E-state index contributed by atoms with van der Waals surface area (Å²) in [6, 6.07) is 4.86. The second-order valence-electron chi connectivity index (χ2n) is 6.42. The molecular formula is C15H23BFNO3. The van der Waals surface area contributed by atoms with E-state index in [1.54, 1.807) is 12.1 Å². The van der Waals surface area contributed by atoms with E-state index in [1.807, 2.05) is 34.6 Å². The summed E-state index contributed by atoms with van der Waals surface area (Å²) in [7, 11) is -0.708. The van der Waals surface area contributed by atoms with E-state index in [0.717, 1.165) is 5.06 Å². The summed E-state index contributed by atoms with van der Waals surface area (Å²) in [6.45, 7) is 10.3. The lowest BCUT2D eigenvalue weighted by molar-refractivity contribution is -0.0946. The standard InChI is InChI=1S/C15H23BFNO3/c1-6-18(19)10-11-7-8-12(13(17)9-11)16-20-14(2,3)15(4,5)21-16/h7-9,19H,6,10H2,1-5H3. The van der Waals surface area contributed by atoms with Gasteiger partial charge in [0.1, 0.15) is 5.82 Å². The molecule has 0 spiro atoms. The Balaban J connectivity index is 2.19. The van der Waals surface area contributed by atoms with Crippen molar-refractivity contribution in [3.63, 3.8) is 0 Å². The van der Waals surface area contributed by atoms with Crippen LogP contribution in [0.2, 0.25) is 0 Å². The van der Waals surface area contributed by atoms with Crippen molar-refractivity contribution in [3.8, 4) is 0 Å². The van der Waals surface area contributed by atoms with E-state index < -0.39 is 18.3 Å². The first kappa shape index (κ1) is 16.4. The van der Waals surface area contributed by atoms with Gasteiger partial charge in [-0.3, -0.25) is 0 Å². The van der Waals surface area contributed by atoms with E-state index in [1.165, 1.54) is 6.07 Å². The van der Waals surface area contributed by atoms with Crippen LogP contribution in [-0.4, -0.2) is 35.1 Å². The Labute approximate surface area is 126 Å². The maximum absolute atomic E-state index is 14.3. The van der Waals surface area contributed by atoms with Gasteiger partial charge in [-0.2, -0.15) is 5.06 Å². The summed E-state index contributed by atoms with van der Waals surface area (Å²) in [5, 5.41) is 10.6. The zero-order chi connectivity index (χ0) is 15.8. The van der Waals surface area contributed by atoms with E-state index in [0.29, 0.717) is 17.6 Å². The Bertz CT molecular complexity index is 506. The molecule has 1 aliphatic heterocycles. The van der Waals surface area contributed by atoms with Gasteiger partial charge in [0.25, 0.3) is 0 Å². The SMILES string of the molecule is CCN(O)Cc1ccc(B2OC(C)(C)C(C)(C)O2)c(F)c1. The molecule has 0 bridgehead atoms. The number of hydroxylamine groups is 2. The maximum atomic E-state index is 14.3. The second kappa shape index (κ2) is 5.68.